The van der Waals surface area contributed by atoms with Crippen LogP contribution in [0.5, 0.6) is 11.5 Å². The van der Waals surface area contributed by atoms with Gasteiger partial charge in [-0.2, -0.15) is 0 Å². The van der Waals surface area contributed by atoms with E-state index in [1.807, 2.05) is 25.1 Å². The predicted molar refractivity (Wildman–Crippen MR) is 71.9 cm³/mol. The second kappa shape index (κ2) is 5.40. The van der Waals surface area contributed by atoms with Gasteiger partial charge in [0.05, 0.1) is 0 Å². The Morgan fingerprint density at radius 3 is 2.44 bits per heavy atom. The van der Waals surface area contributed by atoms with Crippen molar-refractivity contribution in [1.82, 2.24) is 0 Å². The number of benzene rings is 2. The van der Waals surface area contributed by atoms with Crippen LogP contribution in [0.25, 0.3) is 0 Å². The summed E-state index contributed by atoms with van der Waals surface area (Å²) in [5.74, 6) is 1.65. The number of rotatable bonds is 3. The smallest absolute Gasteiger partial charge is 0.130 e. The predicted octanol–water partition coefficient (Wildman–Crippen LogP) is 4.97. The van der Waals surface area contributed by atoms with Crippen LogP contribution >= 0.6 is 11.6 Å². The molecule has 0 amide bonds. The van der Waals surface area contributed by atoms with Crippen molar-refractivity contribution in [3.63, 3.8) is 0 Å². The first-order chi connectivity index (χ1) is 8.60. The van der Waals surface area contributed by atoms with Crippen molar-refractivity contribution >= 4 is 11.6 Å². The molecule has 0 heterocycles. The lowest BCUT2D eigenvalue weighted by Gasteiger charge is -2.10. The normalized spacial score (nSPS) is 10.4. The molecule has 0 fully saturated rings. The molecule has 18 heavy (non-hydrogen) atoms. The van der Waals surface area contributed by atoms with Crippen molar-refractivity contribution in [3.05, 3.63) is 58.9 Å². The minimum Gasteiger partial charge on any atom is -0.457 e. The summed E-state index contributed by atoms with van der Waals surface area (Å²) in [4.78, 5) is 0. The molecular weight excluding hydrogens is 251 g/mol. The summed E-state index contributed by atoms with van der Waals surface area (Å²) in [6, 6.07) is 10.5. The highest BCUT2D eigenvalue weighted by Gasteiger charge is 2.04. The van der Waals surface area contributed by atoms with Crippen LogP contribution in [0.2, 0.25) is 0 Å². The van der Waals surface area contributed by atoms with Gasteiger partial charge in [-0.15, -0.1) is 11.6 Å². The van der Waals surface area contributed by atoms with E-state index < -0.39 is 0 Å². The third kappa shape index (κ3) is 2.82. The number of halogens is 2. The summed E-state index contributed by atoms with van der Waals surface area (Å²) in [5.41, 5.74) is 2.63. The van der Waals surface area contributed by atoms with Gasteiger partial charge in [-0.1, -0.05) is 12.1 Å². The highest BCUT2D eigenvalue weighted by Crippen LogP contribution is 2.27. The zero-order valence-electron chi connectivity index (χ0n) is 10.3. The minimum atomic E-state index is -0.225. The van der Waals surface area contributed by atoms with E-state index in [2.05, 4.69) is 0 Å². The van der Waals surface area contributed by atoms with Crippen LogP contribution in [-0.4, -0.2) is 0 Å². The maximum Gasteiger partial charge on any atom is 0.130 e. The average Bonchev–Trinajstić information content (AvgIpc) is 2.36. The molecule has 0 radical (unpaired) electrons. The van der Waals surface area contributed by atoms with Gasteiger partial charge < -0.3 is 4.74 Å². The van der Waals surface area contributed by atoms with Crippen molar-refractivity contribution in [2.45, 2.75) is 19.7 Å². The SMILES string of the molecule is Cc1cc(Oc2ccc(CCl)cc2C)ccc1F. The Morgan fingerprint density at radius 1 is 1.06 bits per heavy atom. The van der Waals surface area contributed by atoms with Gasteiger partial charge in [-0.05, 0) is 54.8 Å². The first-order valence-corrected chi connectivity index (χ1v) is 6.23. The quantitative estimate of drug-likeness (QED) is 0.711. The van der Waals surface area contributed by atoms with E-state index in [1.54, 1.807) is 19.1 Å². The van der Waals surface area contributed by atoms with Gasteiger partial charge in [0.2, 0.25) is 0 Å². The van der Waals surface area contributed by atoms with Crippen LogP contribution in [0.15, 0.2) is 36.4 Å². The highest BCUT2D eigenvalue weighted by atomic mass is 35.5. The molecule has 0 saturated carbocycles. The Balaban J connectivity index is 2.25. The Labute approximate surface area is 111 Å². The highest BCUT2D eigenvalue weighted by molar-refractivity contribution is 6.17. The van der Waals surface area contributed by atoms with E-state index in [-0.39, 0.29) is 5.82 Å². The molecule has 0 N–H and O–H groups in total. The van der Waals surface area contributed by atoms with Crippen LogP contribution in [-0.2, 0) is 5.88 Å². The number of aryl methyl sites for hydroxylation is 2. The molecule has 0 bridgehead atoms. The molecule has 0 spiro atoms. The van der Waals surface area contributed by atoms with Crippen LogP contribution in [0.1, 0.15) is 16.7 Å². The molecule has 2 aromatic rings. The second-order valence-electron chi connectivity index (χ2n) is 4.25. The standard InChI is InChI=1S/C15H14ClFO/c1-10-8-13(4-5-14(10)17)18-15-6-3-12(9-16)7-11(15)2/h3-8H,9H2,1-2H3. The van der Waals surface area contributed by atoms with Crippen molar-refractivity contribution in [2.75, 3.05) is 0 Å². The lowest BCUT2D eigenvalue weighted by molar-refractivity contribution is 0.476. The molecule has 2 rings (SSSR count). The number of alkyl halides is 1. The maximum atomic E-state index is 13.1. The molecule has 0 atom stereocenters. The fourth-order valence-electron chi connectivity index (χ4n) is 1.72. The molecule has 3 heteroatoms. The van der Waals surface area contributed by atoms with Gasteiger partial charge in [0.25, 0.3) is 0 Å². The molecule has 0 saturated heterocycles. The van der Waals surface area contributed by atoms with Crippen molar-refractivity contribution in [1.29, 1.82) is 0 Å². The molecule has 0 aliphatic rings. The largest absolute Gasteiger partial charge is 0.457 e. The average molecular weight is 265 g/mol. The van der Waals surface area contributed by atoms with Crippen LogP contribution < -0.4 is 4.74 Å². The maximum absolute atomic E-state index is 13.1. The van der Waals surface area contributed by atoms with E-state index in [4.69, 9.17) is 16.3 Å². The minimum absolute atomic E-state index is 0.225. The van der Waals surface area contributed by atoms with E-state index >= 15 is 0 Å². The molecule has 0 aromatic heterocycles. The van der Waals surface area contributed by atoms with Gasteiger partial charge in [-0.25, -0.2) is 4.39 Å². The first-order valence-electron chi connectivity index (χ1n) is 5.69. The Bertz CT molecular complexity index is 566. The van der Waals surface area contributed by atoms with Crippen LogP contribution in [0.4, 0.5) is 4.39 Å². The zero-order chi connectivity index (χ0) is 13.1. The second-order valence-corrected chi connectivity index (χ2v) is 4.51. The van der Waals surface area contributed by atoms with Gasteiger partial charge in [0.1, 0.15) is 17.3 Å². The van der Waals surface area contributed by atoms with Crippen molar-refractivity contribution in [3.8, 4) is 11.5 Å². The number of ether oxygens (including phenoxy) is 1. The van der Waals surface area contributed by atoms with E-state index in [9.17, 15) is 4.39 Å². The van der Waals surface area contributed by atoms with Crippen molar-refractivity contribution in [2.24, 2.45) is 0 Å². The number of hydrogen-bond donors (Lipinski definition) is 0. The fraction of sp³-hybridized carbons (Fsp3) is 0.200. The molecule has 2 aromatic carbocycles. The van der Waals surface area contributed by atoms with Gasteiger partial charge in [0, 0.05) is 5.88 Å². The summed E-state index contributed by atoms with van der Waals surface area (Å²) in [5, 5.41) is 0. The third-order valence-electron chi connectivity index (χ3n) is 2.75. The summed E-state index contributed by atoms with van der Waals surface area (Å²) in [7, 11) is 0. The summed E-state index contributed by atoms with van der Waals surface area (Å²) in [6.45, 7) is 3.67. The van der Waals surface area contributed by atoms with Gasteiger partial charge in [0.15, 0.2) is 0 Å². The Kier molecular flexibility index (Phi) is 3.87. The molecule has 0 aliphatic heterocycles. The fourth-order valence-corrected chi connectivity index (χ4v) is 1.88. The van der Waals surface area contributed by atoms with E-state index in [0.717, 1.165) is 16.9 Å². The molecule has 1 nitrogen and oxygen atoms in total. The molecular formula is C15H14ClFO. The molecule has 94 valence electrons. The van der Waals surface area contributed by atoms with Crippen LogP contribution in [0.3, 0.4) is 0 Å². The first kappa shape index (κ1) is 12.9. The topological polar surface area (TPSA) is 9.23 Å². The lowest BCUT2D eigenvalue weighted by Crippen LogP contribution is -1.91. The summed E-state index contributed by atoms with van der Waals surface area (Å²) < 4.78 is 18.9. The van der Waals surface area contributed by atoms with Crippen molar-refractivity contribution < 1.29 is 9.13 Å². The Hall–Kier alpha value is -1.54. The third-order valence-corrected chi connectivity index (χ3v) is 3.06. The molecule has 0 aliphatic carbocycles. The number of hydrogen-bond acceptors (Lipinski definition) is 1. The zero-order valence-corrected chi connectivity index (χ0v) is 11.1. The van der Waals surface area contributed by atoms with Gasteiger partial charge >= 0.3 is 0 Å². The monoisotopic (exact) mass is 264 g/mol. The van der Waals surface area contributed by atoms with E-state index in [0.29, 0.717) is 17.2 Å². The summed E-state index contributed by atoms with van der Waals surface area (Å²) >= 11 is 5.77. The summed E-state index contributed by atoms with van der Waals surface area (Å²) in [6.07, 6.45) is 0. The lowest BCUT2D eigenvalue weighted by atomic mass is 10.1. The Morgan fingerprint density at radius 2 is 1.83 bits per heavy atom. The van der Waals surface area contributed by atoms with E-state index in [1.165, 1.54) is 6.07 Å². The van der Waals surface area contributed by atoms with Gasteiger partial charge in [-0.3, -0.25) is 0 Å². The molecule has 0 unspecified atom stereocenters. The van der Waals surface area contributed by atoms with Crippen LogP contribution in [0, 0.1) is 19.7 Å².